The van der Waals surface area contributed by atoms with Gasteiger partial charge >= 0.3 is 0 Å². The van der Waals surface area contributed by atoms with Gasteiger partial charge in [-0.25, -0.2) is 9.07 Å². The number of fused-ring (bicyclic) bond motifs is 1. The van der Waals surface area contributed by atoms with E-state index in [9.17, 15) is 9.50 Å². The summed E-state index contributed by atoms with van der Waals surface area (Å²) < 4.78 is 15.3. The molecular formula is C12H11BrFN3O. The molecule has 1 aliphatic carbocycles. The van der Waals surface area contributed by atoms with E-state index in [-0.39, 0.29) is 5.82 Å². The van der Waals surface area contributed by atoms with Crippen LogP contribution in [-0.2, 0) is 19.1 Å². The number of aliphatic hydroxyl groups is 1. The molecule has 1 unspecified atom stereocenters. The first-order valence-corrected chi connectivity index (χ1v) is 6.38. The summed E-state index contributed by atoms with van der Waals surface area (Å²) in [5.74, 6) is -0.278. The summed E-state index contributed by atoms with van der Waals surface area (Å²) in [6, 6.07) is 4.48. The fourth-order valence-corrected chi connectivity index (χ4v) is 3.29. The number of aromatic nitrogens is 3. The Hall–Kier alpha value is -1.27. The topological polar surface area (TPSA) is 50.9 Å². The molecule has 0 aliphatic heterocycles. The number of nitrogens with zero attached hydrogens (tertiary/aromatic N) is 3. The van der Waals surface area contributed by atoms with Crippen molar-refractivity contribution in [2.75, 3.05) is 0 Å². The number of hydrogen-bond donors (Lipinski definition) is 1. The minimum atomic E-state index is -1.15. The zero-order chi connectivity index (χ0) is 12.9. The van der Waals surface area contributed by atoms with Crippen molar-refractivity contribution in [1.29, 1.82) is 0 Å². The second-order valence-electron chi connectivity index (χ2n) is 4.51. The molecule has 1 heterocycles. The Morgan fingerprint density at radius 2 is 2.28 bits per heavy atom. The van der Waals surface area contributed by atoms with E-state index in [1.807, 2.05) is 0 Å². The Balaban J connectivity index is 2.20. The summed E-state index contributed by atoms with van der Waals surface area (Å²) in [6.07, 6.45) is 1.15. The van der Waals surface area contributed by atoms with Crippen molar-refractivity contribution in [2.45, 2.75) is 18.4 Å². The van der Waals surface area contributed by atoms with E-state index in [1.165, 1.54) is 12.1 Å². The number of rotatable bonds is 1. The van der Waals surface area contributed by atoms with Gasteiger partial charge in [-0.3, -0.25) is 0 Å². The van der Waals surface area contributed by atoms with Crippen molar-refractivity contribution in [3.05, 3.63) is 45.4 Å². The van der Waals surface area contributed by atoms with Crippen molar-refractivity contribution >= 4 is 15.9 Å². The molecule has 0 amide bonds. The van der Waals surface area contributed by atoms with Crippen molar-refractivity contribution in [3.63, 3.8) is 0 Å². The predicted molar refractivity (Wildman–Crippen MR) is 66.4 cm³/mol. The molecule has 0 radical (unpaired) electrons. The normalized spacial score (nSPS) is 22.2. The van der Waals surface area contributed by atoms with E-state index in [2.05, 4.69) is 26.2 Å². The van der Waals surface area contributed by atoms with Gasteiger partial charge in [0.1, 0.15) is 17.1 Å². The van der Waals surface area contributed by atoms with Crippen LogP contribution in [0.4, 0.5) is 4.39 Å². The SMILES string of the molecule is Cn1nnc(Br)c1C1(O)CCc2cc(F)ccc21. The minimum absolute atomic E-state index is 0.278. The monoisotopic (exact) mass is 311 g/mol. The smallest absolute Gasteiger partial charge is 0.154 e. The molecule has 0 saturated carbocycles. The fraction of sp³-hybridized carbons (Fsp3) is 0.333. The lowest BCUT2D eigenvalue weighted by molar-refractivity contribution is 0.0732. The van der Waals surface area contributed by atoms with E-state index in [4.69, 9.17) is 0 Å². The van der Waals surface area contributed by atoms with Crippen LogP contribution in [-0.4, -0.2) is 20.1 Å². The van der Waals surface area contributed by atoms with Gasteiger partial charge < -0.3 is 5.11 Å². The molecule has 2 aromatic rings. The first-order valence-electron chi connectivity index (χ1n) is 5.59. The van der Waals surface area contributed by atoms with E-state index >= 15 is 0 Å². The van der Waals surface area contributed by atoms with E-state index in [1.54, 1.807) is 17.8 Å². The lowest BCUT2D eigenvalue weighted by Gasteiger charge is -2.24. The van der Waals surface area contributed by atoms with Crippen molar-refractivity contribution in [1.82, 2.24) is 15.0 Å². The molecule has 0 spiro atoms. The summed E-state index contributed by atoms with van der Waals surface area (Å²) in [5.41, 5.74) is 1.02. The Kier molecular flexibility index (Phi) is 2.53. The average molecular weight is 312 g/mol. The van der Waals surface area contributed by atoms with Gasteiger partial charge in [-0.2, -0.15) is 0 Å². The van der Waals surface area contributed by atoms with Gasteiger partial charge in [-0.15, -0.1) is 5.10 Å². The summed E-state index contributed by atoms with van der Waals surface area (Å²) in [7, 11) is 1.73. The summed E-state index contributed by atoms with van der Waals surface area (Å²) in [5, 5.41) is 18.7. The molecule has 1 aliphatic rings. The van der Waals surface area contributed by atoms with Crippen molar-refractivity contribution in [3.8, 4) is 0 Å². The first-order chi connectivity index (χ1) is 8.52. The molecule has 18 heavy (non-hydrogen) atoms. The molecule has 0 fully saturated rings. The van der Waals surface area contributed by atoms with Gasteiger partial charge in [-0.1, -0.05) is 11.3 Å². The number of aryl methyl sites for hydroxylation is 2. The second kappa shape index (κ2) is 3.86. The average Bonchev–Trinajstić information content (AvgIpc) is 2.81. The van der Waals surface area contributed by atoms with E-state index < -0.39 is 5.60 Å². The second-order valence-corrected chi connectivity index (χ2v) is 5.27. The maximum atomic E-state index is 13.2. The van der Waals surface area contributed by atoms with E-state index in [0.717, 1.165) is 11.1 Å². The van der Waals surface area contributed by atoms with Gasteiger partial charge in [0.15, 0.2) is 4.60 Å². The predicted octanol–water partition coefficient (Wildman–Crippen LogP) is 1.90. The van der Waals surface area contributed by atoms with Gasteiger partial charge in [0.2, 0.25) is 0 Å². The van der Waals surface area contributed by atoms with Gasteiger partial charge in [0, 0.05) is 7.05 Å². The molecular weight excluding hydrogens is 301 g/mol. The highest BCUT2D eigenvalue weighted by molar-refractivity contribution is 9.10. The van der Waals surface area contributed by atoms with Gasteiger partial charge in [-0.05, 0) is 52.0 Å². The highest BCUT2D eigenvalue weighted by atomic mass is 79.9. The Labute approximate surface area is 112 Å². The third kappa shape index (κ3) is 1.52. The standard InChI is InChI=1S/C12H11BrFN3O/c1-17-10(11(13)15-16-17)12(18)5-4-7-6-8(14)2-3-9(7)12/h2-3,6,18H,4-5H2,1H3. The van der Waals surface area contributed by atoms with Crippen LogP contribution in [0.1, 0.15) is 23.2 Å². The molecule has 94 valence electrons. The molecule has 6 heteroatoms. The third-order valence-corrected chi connectivity index (χ3v) is 3.98. The van der Waals surface area contributed by atoms with E-state index in [0.29, 0.717) is 23.1 Å². The highest BCUT2D eigenvalue weighted by Crippen LogP contribution is 2.43. The van der Waals surface area contributed by atoms with Crippen molar-refractivity contribution in [2.24, 2.45) is 7.05 Å². The van der Waals surface area contributed by atoms with Crippen LogP contribution in [0.15, 0.2) is 22.8 Å². The number of hydrogen-bond acceptors (Lipinski definition) is 3. The third-order valence-electron chi connectivity index (χ3n) is 3.45. The summed E-state index contributed by atoms with van der Waals surface area (Å²) in [6.45, 7) is 0. The zero-order valence-electron chi connectivity index (χ0n) is 9.69. The fourth-order valence-electron chi connectivity index (χ4n) is 2.64. The maximum absolute atomic E-state index is 13.2. The molecule has 1 atom stereocenters. The van der Waals surface area contributed by atoms with Gasteiger partial charge in [0.25, 0.3) is 0 Å². The molecule has 1 N–H and O–H groups in total. The van der Waals surface area contributed by atoms with Crippen LogP contribution < -0.4 is 0 Å². The molecule has 0 bridgehead atoms. The lowest BCUT2D eigenvalue weighted by Crippen LogP contribution is -2.27. The Bertz CT molecular complexity index is 608. The highest BCUT2D eigenvalue weighted by Gasteiger charge is 2.42. The zero-order valence-corrected chi connectivity index (χ0v) is 11.3. The maximum Gasteiger partial charge on any atom is 0.154 e. The molecule has 0 saturated heterocycles. The lowest BCUT2D eigenvalue weighted by atomic mass is 9.92. The van der Waals surface area contributed by atoms with Crippen molar-refractivity contribution < 1.29 is 9.50 Å². The van der Waals surface area contributed by atoms with Crippen LogP contribution in [0.5, 0.6) is 0 Å². The molecule has 1 aromatic carbocycles. The van der Waals surface area contributed by atoms with Crippen LogP contribution >= 0.6 is 15.9 Å². The molecule has 4 nitrogen and oxygen atoms in total. The molecule has 3 rings (SSSR count). The largest absolute Gasteiger partial charge is 0.379 e. The Morgan fingerprint density at radius 3 is 2.94 bits per heavy atom. The minimum Gasteiger partial charge on any atom is -0.379 e. The number of benzene rings is 1. The van der Waals surface area contributed by atoms with Crippen LogP contribution in [0.25, 0.3) is 0 Å². The van der Waals surface area contributed by atoms with Crippen LogP contribution in [0, 0.1) is 5.82 Å². The quantitative estimate of drug-likeness (QED) is 0.875. The Morgan fingerprint density at radius 1 is 1.50 bits per heavy atom. The van der Waals surface area contributed by atoms with Gasteiger partial charge in [0.05, 0.1) is 0 Å². The first kappa shape index (κ1) is 11.8. The summed E-state index contributed by atoms with van der Waals surface area (Å²) in [4.78, 5) is 0. The molecule has 1 aromatic heterocycles. The van der Waals surface area contributed by atoms with Crippen LogP contribution in [0.2, 0.25) is 0 Å². The number of halogens is 2. The van der Waals surface area contributed by atoms with Crippen LogP contribution in [0.3, 0.4) is 0 Å². The summed E-state index contributed by atoms with van der Waals surface area (Å²) >= 11 is 3.30.